The molecule has 0 N–H and O–H groups in total. The molecule has 1 heterocycles. The quantitative estimate of drug-likeness (QED) is 0.792. The number of carbonyl (C=O) groups is 2. The number of benzene rings is 1. The summed E-state index contributed by atoms with van der Waals surface area (Å²) in [5.41, 5.74) is 0.647. The third-order valence-corrected chi connectivity index (χ3v) is 3.80. The van der Waals surface area contributed by atoms with Gasteiger partial charge in [-0.3, -0.25) is 4.79 Å². The highest BCUT2D eigenvalue weighted by atomic mass is 79.9. The fourth-order valence-electron chi connectivity index (χ4n) is 2.03. The molecule has 0 aromatic heterocycles. The Kier molecular flexibility index (Phi) is 4.42. The summed E-state index contributed by atoms with van der Waals surface area (Å²) in [7, 11) is 1.36. The highest BCUT2D eigenvalue weighted by Crippen LogP contribution is 2.18. The van der Waals surface area contributed by atoms with Crippen LogP contribution in [0.25, 0.3) is 0 Å². The molecule has 19 heavy (non-hydrogen) atoms. The molecule has 1 aliphatic heterocycles. The van der Waals surface area contributed by atoms with Crippen molar-refractivity contribution in [1.82, 2.24) is 9.80 Å². The van der Waals surface area contributed by atoms with E-state index in [9.17, 15) is 9.59 Å². The minimum Gasteiger partial charge on any atom is -0.453 e. The van der Waals surface area contributed by atoms with E-state index in [2.05, 4.69) is 20.7 Å². The molecule has 1 fully saturated rings. The molecule has 6 heteroatoms. The summed E-state index contributed by atoms with van der Waals surface area (Å²) in [6.07, 6.45) is -0.340. The van der Waals surface area contributed by atoms with Crippen LogP contribution in [0.3, 0.4) is 0 Å². The first-order valence-corrected chi connectivity index (χ1v) is 6.79. The van der Waals surface area contributed by atoms with E-state index in [4.69, 9.17) is 0 Å². The molecule has 0 saturated carbocycles. The highest BCUT2D eigenvalue weighted by molar-refractivity contribution is 9.10. The number of carbonyl (C=O) groups excluding carboxylic acids is 2. The second kappa shape index (κ2) is 6.06. The molecule has 2 rings (SSSR count). The number of hydrogen-bond acceptors (Lipinski definition) is 3. The van der Waals surface area contributed by atoms with Crippen LogP contribution >= 0.6 is 15.9 Å². The summed E-state index contributed by atoms with van der Waals surface area (Å²) < 4.78 is 5.45. The highest BCUT2D eigenvalue weighted by Gasteiger charge is 2.25. The number of methoxy groups -OCH3 is 1. The van der Waals surface area contributed by atoms with Gasteiger partial charge < -0.3 is 14.5 Å². The Morgan fingerprint density at radius 1 is 1.11 bits per heavy atom. The maximum atomic E-state index is 12.3. The van der Waals surface area contributed by atoms with Gasteiger partial charge in [0.25, 0.3) is 5.91 Å². The fraction of sp³-hybridized carbons (Fsp3) is 0.385. The molecule has 0 radical (unpaired) electrons. The zero-order valence-electron chi connectivity index (χ0n) is 10.6. The number of amides is 2. The van der Waals surface area contributed by atoms with Gasteiger partial charge in [-0.15, -0.1) is 0 Å². The lowest BCUT2D eigenvalue weighted by Gasteiger charge is -2.34. The van der Waals surface area contributed by atoms with Gasteiger partial charge in [-0.05, 0) is 28.1 Å². The van der Waals surface area contributed by atoms with E-state index in [1.807, 2.05) is 18.2 Å². The maximum Gasteiger partial charge on any atom is 0.409 e. The molecular formula is C13H15BrN2O3. The predicted molar refractivity (Wildman–Crippen MR) is 74.0 cm³/mol. The minimum absolute atomic E-state index is 0.0167. The third kappa shape index (κ3) is 3.07. The van der Waals surface area contributed by atoms with Crippen LogP contribution in [0.15, 0.2) is 28.7 Å². The van der Waals surface area contributed by atoms with Crippen LogP contribution in [-0.2, 0) is 4.74 Å². The number of rotatable bonds is 1. The monoisotopic (exact) mass is 326 g/mol. The lowest BCUT2D eigenvalue weighted by molar-refractivity contribution is 0.0599. The Hall–Kier alpha value is -1.56. The Morgan fingerprint density at radius 2 is 1.68 bits per heavy atom. The van der Waals surface area contributed by atoms with E-state index < -0.39 is 0 Å². The van der Waals surface area contributed by atoms with Crippen molar-refractivity contribution in [3.05, 3.63) is 34.3 Å². The van der Waals surface area contributed by atoms with Gasteiger partial charge in [0.15, 0.2) is 0 Å². The zero-order valence-corrected chi connectivity index (χ0v) is 12.2. The van der Waals surface area contributed by atoms with Crippen LogP contribution in [0.2, 0.25) is 0 Å². The van der Waals surface area contributed by atoms with Crippen LogP contribution in [0.5, 0.6) is 0 Å². The van der Waals surface area contributed by atoms with Crippen molar-refractivity contribution < 1.29 is 14.3 Å². The van der Waals surface area contributed by atoms with E-state index in [0.29, 0.717) is 31.7 Å². The molecule has 5 nitrogen and oxygen atoms in total. The maximum absolute atomic E-state index is 12.3. The molecule has 0 atom stereocenters. The summed E-state index contributed by atoms with van der Waals surface area (Å²) in [6, 6.07) is 7.34. The Balaban J connectivity index is 2.00. The van der Waals surface area contributed by atoms with Crippen LogP contribution in [-0.4, -0.2) is 55.1 Å². The molecule has 0 unspecified atom stereocenters. The first-order chi connectivity index (χ1) is 9.13. The molecule has 2 amide bonds. The summed E-state index contributed by atoms with van der Waals surface area (Å²) in [4.78, 5) is 27.0. The van der Waals surface area contributed by atoms with Crippen molar-refractivity contribution in [1.29, 1.82) is 0 Å². The molecule has 0 bridgehead atoms. The van der Waals surface area contributed by atoms with Crippen molar-refractivity contribution in [3.63, 3.8) is 0 Å². The normalized spacial score (nSPS) is 15.3. The van der Waals surface area contributed by atoms with Crippen molar-refractivity contribution in [2.45, 2.75) is 0 Å². The average molecular weight is 327 g/mol. The SMILES string of the molecule is COC(=O)N1CCN(C(=O)c2ccccc2Br)CC1. The molecule has 0 spiro atoms. The van der Waals surface area contributed by atoms with E-state index in [1.165, 1.54) is 7.11 Å². The van der Waals surface area contributed by atoms with Gasteiger partial charge in [0.05, 0.1) is 12.7 Å². The van der Waals surface area contributed by atoms with Crippen molar-refractivity contribution >= 4 is 27.9 Å². The smallest absolute Gasteiger partial charge is 0.409 e. The standard InChI is InChI=1S/C13H15BrN2O3/c1-19-13(18)16-8-6-15(7-9-16)12(17)10-4-2-3-5-11(10)14/h2-5H,6-9H2,1H3. The average Bonchev–Trinajstić information content (AvgIpc) is 2.46. The molecule has 1 aliphatic rings. The van der Waals surface area contributed by atoms with Gasteiger partial charge in [-0.1, -0.05) is 12.1 Å². The van der Waals surface area contributed by atoms with Gasteiger partial charge in [0.2, 0.25) is 0 Å². The van der Waals surface area contributed by atoms with Crippen molar-refractivity contribution in [2.24, 2.45) is 0 Å². The largest absolute Gasteiger partial charge is 0.453 e. The van der Waals surface area contributed by atoms with E-state index in [0.717, 1.165) is 4.47 Å². The first-order valence-electron chi connectivity index (χ1n) is 6.00. The van der Waals surface area contributed by atoms with Crippen LogP contribution < -0.4 is 0 Å². The molecule has 0 aliphatic carbocycles. The van der Waals surface area contributed by atoms with Crippen LogP contribution in [0, 0.1) is 0 Å². The second-order valence-corrected chi connectivity index (χ2v) is 5.08. The van der Waals surface area contributed by atoms with Gasteiger partial charge in [0.1, 0.15) is 0 Å². The van der Waals surface area contributed by atoms with Crippen LogP contribution in [0.1, 0.15) is 10.4 Å². The van der Waals surface area contributed by atoms with Gasteiger partial charge in [-0.25, -0.2) is 4.79 Å². The molecule has 102 valence electrons. The number of halogens is 1. The van der Waals surface area contributed by atoms with E-state index >= 15 is 0 Å². The topological polar surface area (TPSA) is 49.9 Å². The number of piperazine rings is 1. The lowest BCUT2D eigenvalue weighted by Crippen LogP contribution is -2.50. The van der Waals surface area contributed by atoms with Crippen LogP contribution in [0.4, 0.5) is 4.79 Å². The van der Waals surface area contributed by atoms with E-state index in [1.54, 1.807) is 15.9 Å². The predicted octanol–water partition coefficient (Wildman–Crippen LogP) is 1.97. The summed E-state index contributed by atoms with van der Waals surface area (Å²) in [5, 5.41) is 0. The number of nitrogens with zero attached hydrogens (tertiary/aromatic N) is 2. The van der Waals surface area contributed by atoms with Gasteiger partial charge in [-0.2, -0.15) is 0 Å². The molecule has 1 aromatic carbocycles. The number of hydrogen-bond donors (Lipinski definition) is 0. The van der Waals surface area contributed by atoms with Crippen molar-refractivity contribution in [2.75, 3.05) is 33.3 Å². The van der Waals surface area contributed by atoms with Gasteiger partial charge in [0, 0.05) is 30.7 Å². The van der Waals surface area contributed by atoms with Gasteiger partial charge >= 0.3 is 6.09 Å². The Morgan fingerprint density at radius 3 is 2.26 bits per heavy atom. The lowest BCUT2D eigenvalue weighted by atomic mass is 10.2. The summed E-state index contributed by atoms with van der Waals surface area (Å²) >= 11 is 3.38. The fourth-order valence-corrected chi connectivity index (χ4v) is 2.48. The third-order valence-electron chi connectivity index (χ3n) is 3.10. The van der Waals surface area contributed by atoms with Crippen molar-refractivity contribution in [3.8, 4) is 0 Å². The summed E-state index contributed by atoms with van der Waals surface area (Å²) in [6.45, 7) is 2.05. The summed E-state index contributed by atoms with van der Waals surface area (Å²) in [5.74, 6) is -0.0167. The molecule has 1 aromatic rings. The molecule has 1 saturated heterocycles. The zero-order chi connectivity index (χ0) is 13.8. The molecular weight excluding hydrogens is 312 g/mol. The first kappa shape index (κ1) is 13.9. The van der Waals surface area contributed by atoms with E-state index in [-0.39, 0.29) is 12.0 Å². The number of ether oxygens (including phenoxy) is 1. The Bertz CT molecular complexity index is 485. The minimum atomic E-state index is -0.340. The second-order valence-electron chi connectivity index (χ2n) is 4.23. The Labute approximate surface area is 120 Å².